The van der Waals surface area contributed by atoms with Gasteiger partial charge in [0.25, 0.3) is 5.91 Å². The molecule has 2 aromatic carbocycles. The molecule has 0 radical (unpaired) electrons. The van der Waals surface area contributed by atoms with Crippen LogP contribution >= 0.6 is 0 Å². The van der Waals surface area contributed by atoms with E-state index < -0.39 is 0 Å². The summed E-state index contributed by atoms with van der Waals surface area (Å²) in [5.41, 5.74) is 7.33. The van der Waals surface area contributed by atoms with Gasteiger partial charge in [-0.05, 0) is 74.9 Å². The molecule has 1 aromatic heterocycles. The van der Waals surface area contributed by atoms with Crippen molar-refractivity contribution < 1.29 is 9.53 Å². The van der Waals surface area contributed by atoms with Crippen molar-refractivity contribution in [2.24, 2.45) is 0 Å². The van der Waals surface area contributed by atoms with Crippen LogP contribution < -0.4 is 0 Å². The van der Waals surface area contributed by atoms with E-state index in [4.69, 9.17) is 4.74 Å². The number of aromatic amines is 1. The van der Waals surface area contributed by atoms with Crippen LogP contribution in [0.4, 0.5) is 0 Å². The fourth-order valence-corrected chi connectivity index (χ4v) is 5.73. The van der Waals surface area contributed by atoms with Gasteiger partial charge in [-0.15, -0.1) is 0 Å². The number of hydrogen-bond acceptors (Lipinski definition) is 3. The molecule has 5 heteroatoms. The van der Waals surface area contributed by atoms with E-state index in [0.717, 1.165) is 56.0 Å². The number of aryl methyl sites for hydroxylation is 2. The van der Waals surface area contributed by atoms with Crippen LogP contribution in [0.2, 0.25) is 0 Å². The Kier molecular flexibility index (Phi) is 6.52. The highest BCUT2D eigenvalue weighted by atomic mass is 16.5. The molecule has 0 saturated carbocycles. The Balaban J connectivity index is 1.36. The molecular weight excluding hydrogens is 410 g/mol. The van der Waals surface area contributed by atoms with E-state index in [-0.39, 0.29) is 5.91 Å². The fraction of sp³-hybridized carbons (Fsp3) is 0.464. The normalized spacial score (nSPS) is 18.5. The number of H-pyrrole nitrogens is 1. The van der Waals surface area contributed by atoms with Crippen molar-refractivity contribution in [1.29, 1.82) is 0 Å². The summed E-state index contributed by atoms with van der Waals surface area (Å²) in [5.74, 6) is 0.737. The van der Waals surface area contributed by atoms with E-state index in [1.54, 1.807) is 5.56 Å². The van der Waals surface area contributed by atoms with Gasteiger partial charge < -0.3 is 14.6 Å². The number of nitrogens with one attached hydrogen (secondary N) is 1. The largest absolute Gasteiger partial charge is 0.380 e. The summed E-state index contributed by atoms with van der Waals surface area (Å²) in [5, 5.41) is 1.17. The van der Waals surface area contributed by atoms with Gasteiger partial charge in [0, 0.05) is 42.7 Å². The summed E-state index contributed by atoms with van der Waals surface area (Å²) in [7, 11) is 0. The minimum atomic E-state index is 0.108. The smallest absolute Gasteiger partial charge is 0.270 e. The third kappa shape index (κ3) is 4.57. The maximum Gasteiger partial charge on any atom is 0.270 e. The number of likely N-dealkylation sites (tertiary alicyclic amines) is 1. The summed E-state index contributed by atoms with van der Waals surface area (Å²) in [6, 6.07) is 15.0. The van der Waals surface area contributed by atoms with Crippen molar-refractivity contribution in [3.05, 3.63) is 70.4 Å². The van der Waals surface area contributed by atoms with Crippen LogP contribution in [-0.2, 0) is 11.3 Å². The third-order valence-corrected chi connectivity index (χ3v) is 7.46. The van der Waals surface area contributed by atoms with Crippen LogP contribution in [0, 0.1) is 13.8 Å². The zero-order valence-corrected chi connectivity index (χ0v) is 19.9. The van der Waals surface area contributed by atoms with Gasteiger partial charge in [0.05, 0.1) is 6.61 Å². The number of carbonyl (C=O) groups is 1. The highest BCUT2D eigenvalue weighted by Crippen LogP contribution is 2.34. The molecule has 5 nitrogen and oxygen atoms in total. The summed E-state index contributed by atoms with van der Waals surface area (Å²) in [4.78, 5) is 21.5. The van der Waals surface area contributed by atoms with Crippen molar-refractivity contribution in [1.82, 2.24) is 14.8 Å². The lowest BCUT2D eigenvalue weighted by Gasteiger charge is -2.33. The molecule has 0 atom stereocenters. The van der Waals surface area contributed by atoms with Crippen LogP contribution in [0.1, 0.15) is 57.9 Å². The van der Waals surface area contributed by atoms with Gasteiger partial charge in [0.15, 0.2) is 0 Å². The monoisotopic (exact) mass is 445 g/mol. The van der Waals surface area contributed by atoms with Crippen LogP contribution in [-0.4, -0.2) is 60.1 Å². The summed E-state index contributed by atoms with van der Waals surface area (Å²) in [6.07, 6.45) is 3.23. The lowest BCUT2D eigenvalue weighted by Crippen LogP contribution is -2.36. The molecule has 3 aromatic rings. The van der Waals surface area contributed by atoms with E-state index in [2.05, 4.69) is 60.1 Å². The van der Waals surface area contributed by atoms with Crippen molar-refractivity contribution >= 4 is 16.8 Å². The number of carbonyl (C=O) groups excluding carboxylic acids is 1. The number of hydrogen-bond donors (Lipinski definition) is 1. The average Bonchev–Trinajstić information content (AvgIpc) is 2.98. The van der Waals surface area contributed by atoms with Gasteiger partial charge in [-0.2, -0.15) is 0 Å². The molecule has 2 aliphatic heterocycles. The second kappa shape index (κ2) is 9.70. The second-order valence-electron chi connectivity index (χ2n) is 9.64. The van der Waals surface area contributed by atoms with Gasteiger partial charge in [-0.3, -0.25) is 9.69 Å². The number of piperidine rings is 1. The second-order valence-corrected chi connectivity index (χ2v) is 9.64. The van der Waals surface area contributed by atoms with Crippen molar-refractivity contribution in [2.75, 3.05) is 39.4 Å². The lowest BCUT2D eigenvalue weighted by atomic mass is 9.84. The predicted octanol–water partition coefficient (Wildman–Crippen LogP) is 5.03. The molecule has 33 heavy (non-hydrogen) atoms. The molecule has 1 N–H and O–H groups in total. The Labute approximate surface area is 196 Å². The molecular formula is C28H35N3O2. The number of rotatable bonds is 4. The molecule has 1 amide bonds. The SMILES string of the molecule is Cc1cccc(C)c1C1CCN(Cc2c(C(=O)N3CCCOCC3)[nH]c3ccccc23)CC1. The molecule has 0 spiro atoms. The molecule has 3 heterocycles. The number of amides is 1. The zero-order chi connectivity index (χ0) is 22.8. The summed E-state index contributed by atoms with van der Waals surface area (Å²) in [6.45, 7) is 10.2. The third-order valence-electron chi connectivity index (χ3n) is 7.46. The van der Waals surface area contributed by atoms with Gasteiger partial charge in [0.1, 0.15) is 5.69 Å². The minimum absolute atomic E-state index is 0.108. The number of benzene rings is 2. The fourth-order valence-electron chi connectivity index (χ4n) is 5.73. The maximum atomic E-state index is 13.5. The van der Waals surface area contributed by atoms with Gasteiger partial charge in [0.2, 0.25) is 0 Å². The molecule has 174 valence electrons. The van der Waals surface area contributed by atoms with E-state index in [1.807, 2.05) is 11.0 Å². The van der Waals surface area contributed by atoms with Crippen LogP contribution in [0.15, 0.2) is 42.5 Å². The van der Waals surface area contributed by atoms with E-state index in [9.17, 15) is 4.79 Å². The number of ether oxygens (including phenoxy) is 1. The van der Waals surface area contributed by atoms with E-state index >= 15 is 0 Å². The van der Waals surface area contributed by atoms with Crippen molar-refractivity contribution in [3.63, 3.8) is 0 Å². The number of fused-ring (bicyclic) bond motifs is 1. The Morgan fingerprint density at radius 2 is 1.73 bits per heavy atom. The van der Waals surface area contributed by atoms with Crippen molar-refractivity contribution in [3.8, 4) is 0 Å². The summed E-state index contributed by atoms with van der Waals surface area (Å²) >= 11 is 0. The Bertz CT molecular complexity index is 1100. The molecule has 2 fully saturated rings. The van der Waals surface area contributed by atoms with Crippen molar-refractivity contribution in [2.45, 2.75) is 45.6 Å². The standard InChI is InChI=1S/C28H35N3O2/c1-20-7-5-8-21(2)26(20)22-11-14-30(15-12-22)19-24-23-9-3-4-10-25(23)29-27(24)28(32)31-13-6-17-33-18-16-31/h3-5,7-10,22,29H,6,11-19H2,1-2H3. The van der Waals surface area contributed by atoms with Gasteiger partial charge >= 0.3 is 0 Å². The highest BCUT2D eigenvalue weighted by molar-refractivity contribution is 6.01. The summed E-state index contributed by atoms with van der Waals surface area (Å²) < 4.78 is 5.57. The molecule has 0 unspecified atom stereocenters. The van der Waals surface area contributed by atoms with E-state index in [0.29, 0.717) is 19.1 Å². The number of para-hydroxylation sites is 1. The minimum Gasteiger partial charge on any atom is -0.380 e. The first kappa shape index (κ1) is 22.2. The topological polar surface area (TPSA) is 48.6 Å². The quantitative estimate of drug-likeness (QED) is 0.613. The first-order valence-corrected chi connectivity index (χ1v) is 12.4. The van der Waals surface area contributed by atoms with Crippen LogP contribution in [0.3, 0.4) is 0 Å². The Morgan fingerprint density at radius 3 is 2.52 bits per heavy atom. The predicted molar refractivity (Wildman–Crippen MR) is 133 cm³/mol. The van der Waals surface area contributed by atoms with Crippen LogP contribution in [0.25, 0.3) is 10.9 Å². The Morgan fingerprint density at radius 1 is 0.970 bits per heavy atom. The number of aromatic nitrogens is 1. The number of nitrogens with zero attached hydrogens (tertiary/aromatic N) is 2. The molecule has 0 aliphatic carbocycles. The first-order chi connectivity index (χ1) is 16.1. The molecule has 2 aliphatic rings. The molecule has 0 bridgehead atoms. The van der Waals surface area contributed by atoms with Crippen LogP contribution in [0.5, 0.6) is 0 Å². The highest BCUT2D eigenvalue weighted by Gasteiger charge is 2.27. The molecule has 5 rings (SSSR count). The van der Waals surface area contributed by atoms with Gasteiger partial charge in [-0.25, -0.2) is 0 Å². The zero-order valence-electron chi connectivity index (χ0n) is 19.9. The first-order valence-electron chi connectivity index (χ1n) is 12.4. The van der Waals surface area contributed by atoms with Gasteiger partial charge in [-0.1, -0.05) is 36.4 Å². The lowest BCUT2D eigenvalue weighted by molar-refractivity contribution is 0.0733. The van der Waals surface area contributed by atoms with E-state index in [1.165, 1.54) is 29.4 Å². The average molecular weight is 446 g/mol. The maximum absolute atomic E-state index is 13.5. The Hall–Kier alpha value is -2.63. The molecule has 2 saturated heterocycles.